The summed E-state index contributed by atoms with van der Waals surface area (Å²) in [5.74, 6) is 0.0539. The lowest BCUT2D eigenvalue weighted by atomic mass is 9.95. The van der Waals surface area contributed by atoms with E-state index in [9.17, 15) is 9.59 Å². The normalized spacial score (nSPS) is 16.1. The Balaban J connectivity index is 1.13. The third-order valence-corrected chi connectivity index (χ3v) is 6.95. The maximum Gasteiger partial charge on any atom is 0.253 e. The summed E-state index contributed by atoms with van der Waals surface area (Å²) in [7, 11) is 0. The number of likely N-dealkylation sites (tertiary alicyclic amines) is 1. The van der Waals surface area contributed by atoms with Crippen LogP contribution in [-0.4, -0.2) is 41.3 Å². The lowest BCUT2D eigenvalue weighted by Gasteiger charge is -2.32. The van der Waals surface area contributed by atoms with Gasteiger partial charge in [-0.2, -0.15) is 0 Å². The van der Waals surface area contributed by atoms with Crippen LogP contribution in [0.2, 0.25) is 0 Å². The van der Waals surface area contributed by atoms with Crippen molar-refractivity contribution in [2.24, 2.45) is 5.92 Å². The maximum atomic E-state index is 13.0. The van der Waals surface area contributed by atoms with Crippen LogP contribution in [0.25, 0.3) is 0 Å². The van der Waals surface area contributed by atoms with Gasteiger partial charge < -0.3 is 15.1 Å². The average molecular weight is 455 g/mol. The first-order valence-electron chi connectivity index (χ1n) is 12.0. The molecule has 0 aliphatic carbocycles. The van der Waals surface area contributed by atoms with Gasteiger partial charge in [0.25, 0.3) is 5.91 Å². The average Bonchev–Trinajstić information content (AvgIpc) is 2.92. The number of pyridine rings is 1. The number of fused-ring (bicyclic) bond motifs is 1. The molecule has 2 aliphatic rings. The summed E-state index contributed by atoms with van der Waals surface area (Å²) in [6.45, 7) is 3.59. The third-order valence-electron chi connectivity index (χ3n) is 6.95. The molecule has 0 bridgehead atoms. The highest BCUT2D eigenvalue weighted by Gasteiger charge is 2.28. The molecule has 0 radical (unpaired) electrons. The number of piperidine rings is 1. The van der Waals surface area contributed by atoms with Gasteiger partial charge in [0.2, 0.25) is 5.91 Å². The molecule has 0 atom stereocenters. The fourth-order valence-corrected chi connectivity index (χ4v) is 4.89. The number of nitrogens with zero attached hydrogens (tertiary/aromatic N) is 3. The second kappa shape index (κ2) is 10.1. The number of hydrogen-bond donors (Lipinski definition) is 1. The van der Waals surface area contributed by atoms with Crippen molar-refractivity contribution in [1.82, 2.24) is 15.2 Å². The number of amides is 2. The predicted octanol–water partition coefficient (Wildman–Crippen LogP) is 3.81. The molecule has 2 amide bonds. The van der Waals surface area contributed by atoms with Crippen LogP contribution in [0.4, 0.5) is 5.69 Å². The zero-order valence-corrected chi connectivity index (χ0v) is 19.3. The highest BCUT2D eigenvalue weighted by atomic mass is 16.2. The molecular weight excluding hydrogens is 424 g/mol. The molecule has 1 N–H and O–H groups in total. The Labute approximate surface area is 200 Å². The van der Waals surface area contributed by atoms with E-state index >= 15 is 0 Å². The van der Waals surface area contributed by atoms with Gasteiger partial charge in [-0.3, -0.25) is 14.6 Å². The minimum atomic E-state index is -0.0509. The van der Waals surface area contributed by atoms with Gasteiger partial charge in [0.15, 0.2) is 0 Å². The summed E-state index contributed by atoms with van der Waals surface area (Å²) in [6.07, 6.45) is 5.91. The first-order chi connectivity index (χ1) is 16.7. The predicted molar refractivity (Wildman–Crippen MR) is 132 cm³/mol. The molecule has 1 fully saturated rings. The minimum absolute atomic E-state index is 0.0461. The van der Waals surface area contributed by atoms with Crippen LogP contribution in [0.5, 0.6) is 0 Å². The zero-order valence-electron chi connectivity index (χ0n) is 19.3. The highest BCUT2D eigenvalue weighted by molar-refractivity contribution is 5.94. The number of aromatic nitrogens is 1. The molecule has 5 rings (SSSR count). The lowest BCUT2D eigenvalue weighted by Crippen LogP contribution is -2.43. The first kappa shape index (κ1) is 22.1. The van der Waals surface area contributed by atoms with Gasteiger partial charge in [0.05, 0.1) is 0 Å². The number of anilines is 1. The van der Waals surface area contributed by atoms with Gasteiger partial charge in [-0.25, -0.2) is 0 Å². The molecule has 2 aromatic carbocycles. The van der Waals surface area contributed by atoms with Crippen LogP contribution in [0.3, 0.4) is 0 Å². The van der Waals surface area contributed by atoms with Gasteiger partial charge in [-0.15, -0.1) is 0 Å². The van der Waals surface area contributed by atoms with Crippen molar-refractivity contribution in [3.05, 3.63) is 95.3 Å². The standard InChI is InChI=1S/C28H30N4O2/c33-27(30-19-21-4-3-14-29-18-21)23-12-15-31(16-13-23)28(34)24-7-9-26(10-8-24)32-17-11-22-5-1-2-6-25(22)20-32/h1-10,14,18,23H,11-13,15-17,19-20H2,(H,30,33). The monoisotopic (exact) mass is 454 g/mol. The minimum Gasteiger partial charge on any atom is -0.367 e. The van der Waals surface area contributed by atoms with Gasteiger partial charge in [0.1, 0.15) is 0 Å². The van der Waals surface area contributed by atoms with E-state index in [-0.39, 0.29) is 17.7 Å². The van der Waals surface area contributed by atoms with E-state index < -0.39 is 0 Å². The number of rotatable bonds is 5. The van der Waals surface area contributed by atoms with Crippen molar-refractivity contribution in [3.63, 3.8) is 0 Å². The molecular formula is C28H30N4O2. The van der Waals surface area contributed by atoms with E-state index in [1.165, 1.54) is 11.1 Å². The Morgan fingerprint density at radius 3 is 2.41 bits per heavy atom. The summed E-state index contributed by atoms with van der Waals surface area (Å²) in [6, 6.07) is 20.4. The van der Waals surface area contributed by atoms with E-state index in [0.717, 1.165) is 30.8 Å². The molecule has 1 aromatic heterocycles. The molecule has 174 valence electrons. The molecule has 0 spiro atoms. The van der Waals surface area contributed by atoms with Crippen LogP contribution in [-0.2, 0) is 24.3 Å². The SMILES string of the molecule is O=C(NCc1cccnc1)C1CCN(C(=O)c2ccc(N3CCc4ccccc4C3)cc2)CC1. The number of hydrogen-bond acceptors (Lipinski definition) is 4. The Morgan fingerprint density at radius 2 is 1.68 bits per heavy atom. The second-order valence-corrected chi connectivity index (χ2v) is 9.13. The highest BCUT2D eigenvalue weighted by Crippen LogP contribution is 2.25. The molecule has 6 heteroatoms. The Bertz CT molecular complexity index is 1140. The summed E-state index contributed by atoms with van der Waals surface area (Å²) in [4.78, 5) is 33.9. The van der Waals surface area contributed by atoms with E-state index in [1.54, 1.807) is 12.4 Å². The van der Waals surface area contributed by atoms with Gasteiger partial charge in [-0.1, -0.05) is 30.3 Å². The number of nitrogens with one attached hydrogen (secondary N) is 1. The number of carbonyl (C=O) groups excluding carboxylic acids is 2. The molecule has 1 saturated heterocycles. The van der Waals surface area contributed by atoms with Crippen molar-refractivity contribution in [1.29, 1.82) is 0 Å². The van der Waals surface area contributed by atoms with Gasteiger partial charge in [0, 0.05) is 62.3 Å². The number of benzene rings is 2. The van der Waals surface area contributed by atoms with Crippen molar-refractivity contribution < 1.29 is 9.59 Å². The van der Waals surface area contributed by atoms with E-state index in [1.807, 2.05) is 29.2 Å². The fourth-order valence-electron chi connectivity index (χ4n) is 4.89. The van der Waals surface area contributed by atoms with Gasteiger partial charge in [-0.05, 0) is 66.3 Å². The maximum absolute atomic E-state index is 13.0. The summed E-state index contributed by atoms with van der Waals surface area (Å²) in [5, 5.41) is 3.00. The van der Waals surface area contributed by atoms with Crippen LogP contribution in [0, 0.1) is 5.92 Å². The van der Waals surface area contributed by atoms with Crippen LogP contribution in [0.1, 0.15) is 39.9 Å². The zero-order chi connectivity index (χ0) is 23.3. The van der Waals surface area contributed by atoms with Crippen LogP contribution >= 0.6 is 0 Å². The largest absolute Gasteiger partial charge is 0.367 e. The molecule has 3 aromatic rings. The summed E-state index contributed by atoms with van der Waals surface area (Å²) >= 11 is 0. The smallest absolute Gasteiger partial charge is 0.253 e. The number of carbonyl (C=O) groups is 2. The fraction of sp³-hybridized carbons (Fsp3) is 0.321. The quantitative estimate of drug-likeness (QED) is 0.637. The summed E-state index contributed by atoms with van der Waals surface area (Å²) < 4.78 is 0. The Hall–Kier alpha value is -3.67. The molecule has 3 heterocycles. The van der Waals surface area contributed by atoms with Crippen LogP contribution < -0.4 is 10.2 Å². The Kier molecular flexibility index (Phi) is 6.56. The molecule has 2 aliphatic heterocycles. The molecule has 6 nitrogen and oxygen atoms in total. The van der Waals surface area contributed by atoms with Gasteiger partial charge >= 0.3 is 0 Å². The topological polar surface area (TPSA) is 65.5 Å². The van der Waals surface area contributed by atoms with Crippen molar-refractivity contribution in [3.8, 4) is 0 Å². The summed E-state index contributed by atoms with van der Waals surface area (Å²) in [5.41, 5.74) is 5.65. The van der Waals surface area contributed by atoms with Crippen molar-refractivity contribution in [2.45, 2.75) is 32.4 Å². The molecule has 34 heavy (non-hydrogen) atoms. The second-order valence-electron chi connectivity index (χ2n) is 9.13. The van der Waals surface area contributed by atoms with Crippen LogP contribution in [0.15, 0.2) is 73.1 Å². The molecule has 0 unspecified atom stereocenters. The van der Waals surface area contributed by atoms with E-state index in [4.69, 9.17) is 0 Å². The molecule has 0 saturated carbocycles. The van der Waals surface area contributed by atoms with E-state index in [0.29, 0.717) is 38.0 Å². The Morgan fingerprint density at radius 1 is 0.912 bits per heavy atom. The van der Waals surface area contributed by atoms with Crippen molar-refractivity contribution in [2.75, 3.05) is 24.5 Å². The van der Waals surface area contributed by atoms with Crippen molar-refractivity contribution >= 4 is 17.5 Å². The van der Waals surface area contributed by atoms with E-state index in [2.05, 4.69) is 51.6 Å². The first-order valence-corrected chi connectivity index (χ1v) is 12.0. The third kappa shape index (κ3) is 4.96. The lowest BCUT2D eigenvalue weighted by molar-refractivity contribution is -0.126.